The van der Waals surface area contributed by atoms with E-state index in [1.807, 2.05) is 44.2 Å². The second kappa shape index (κ2) is 8.56. The van der Waals surface area contributed by atoms with Gasteiger partial charge in [-0.2, -0.15) is 0 Å². The molecule has 0 aliphatic heterocycles. The summed E-state index contributed by atoms with van der Waals surface area (Å²) in [6, 6.07) is 13.4. The van der Waals surface area contributed by atoms with Crippen LogP contribution in [-0.2, 0) is 4.79 Å². The van der Waals surface area contributed by atoms with Crippen molar-refractivity contribution in [1.82, 2.24) is 0 Å². The zero-order valence-electron chi connectivity index (χ0n) is 15.6. The Hall–Kier alpha value is -2.49. The number of carbonyl (C=O) groups is 1. The summed E-state index contributed by atoms with van der Waals surface area (Å²) in [7, 11) is 0. The number of hydrogen-bond acceptors (Lipinski definition) is 3. The molecule has 0 fully saturated rings. The Morgan fingerprint density at radius 1 is 1.08 bits per heavy atom. The number of nitrogens with one attached hydrogen (secondary N) is 1. The molecule has 0 bridgehead atoms. The molecule has 0 unspecified atom stereocenters. The number of carbonyl (C=O) groups excluding carboxylic acids is 1. The molecule has 1 N–H and O–H groups in total. The minimum Gasteiger partial charge on any atom is -0.494 e. The molecule has 2 aromatic carbocycles. The Balaban J connectivity index is 2.04. The molecule has 0 spiro atoms. The Labute approximate surface area is 150 Å². The van der Waals surface area contributed by atoms with Gasteiger partial charge in [0, 0.05) is 5.69 Å². The van der Waals surface area contributed by atoms with Gasteiger partial charge in [0.2, 0.25) is 0 Å². The van der Waals surface area contributed by atoms with Crippen LogP contribution in [0, 0.1) is 6.92 Å². The van der Waals surface area contributed by atoms with Crippen LogP contribution in [0.5, 0.6) is 11.5 Å². The van der Waals surface area contributed by atoms with Gasteiger partial charge in [-0.25, -0.2) is 0 Å². The Bertz CT molecular complexity index is 708. The summed E-state index contributed by atoms with van der Waals surface area (Å²) in [5.41, 5.74) is 2.93. The number of benzene rings is 2. The van der Waals surface area contributed by atoms with Crippen molar-refractivity contribution >= 4 is 11.6 Å². The van der Waals surface area contributed by atoms with Crippen molar-refractivity contribution in [2.45, 2.75) is 46.6 Å². The van der Waals surface area contributed by atoms with Crippen LogP contribution in [0.3, 0.4) is 0 Å². The van der Waals surface area contributed by atoms with Gasteiger partial charge in [0.05, 0.1) is 6.61 Å². The van der Waals surface area contributed by atoms with Gasteiger partial charge in [0.15, 0.2) is 6.10 Å². The molecule has 25 heavy (non-hydrogen) atoms. The molecule has 134 valence electrons. The highest BCUT2D eigenvalue weighted by atomic mass is 16.5. The van der Waals surface area contributed by atoms with Crippen LogP contribution in [0.25, 0.3) is 0 Å². The van der Waals surface area contributed by atoms with Crippen molar-refractivity contribution in [2.75, 3.05) is 11.9 Å². The van der Waals surface area contributed by atoms with Crippen molar-refractivity contribution in [2.24, 2.45) is 0 Å². The minimum absolute atomic E-state index is 0.180. The predicted molar refractivity (Wildman–Crippen MR) is 102 cm³/mol. The average Bonchev–Trinajstić information content (AvgIpc) is 2.56. The zero-order valence-corrected chi connectivity index (χ0v) is 15.6. The first-order valence-electron chi connectivity index (χ1n) is 8.71. The molecule has 1 atom stereocenters. The molecule has 0 radical (unpaired) electrons. The SMILES string of the molecule is CCOc1ccc(NC(=O)[C@H](C)Oc2cc(C)ccc2C(C)C)cc1. The van der Waals surface area contributed by atoms with E-state index in [2.05, 4.69) is 31.3 Å². The maximum absolute atomic E-state index is 12.4. The highest BCUT2D eigenvalue weighted by Crippen LogP contribution is 2.28. The van der Waals surface area contributed by atoms with Crippen LogP contribution in [0.2, 0.25) is 0 Å². The fraction of sp³-hybridized carbons (Fsp3) is 0.381. The first-order chi connectivity index (χ1) is 11.9. The number of aryl methyl sites for hydroxylation is 1. The third-order valence-corrected chi connectivity index (χ3v) is 3.90. The number of amides is 1. The van der Waals surface area contributed by atoms with Crippen molar-refractivity contribution in [3.63, 3.8) is 0 Å². The molecular weight excluding hydrogens is 314 g/mol. The Morgan fingerprint density at radius 3 is 2.36 bits per heavy atom. The molecule has 4 nitrogen and oxygen atoms in total. The molecule has 0 heterocycles. The van der Waals surface area contributed by atoms with E-state index in [0.29, 0.717) is 12.5 Å². The summed E-state index contributed by atoms with van der Waals surface area (Å²) < 4.78 is 11.3. The molecule has 2 rings (SSSR count). The Kier molecular flexibility index (Phi) is 6.45. The molecule has 1 amide bonds. The molecule has 4 heteroatoms. The summed E-state index contributed by atoms with van der Waals surface area (Å²) in [5, 5.41) is 2.88. The van der Waals surface area contributed by atoms with E-state index in [4.69, 9.17) is 9.47 Å². The molecular formula is C21H27NO3. The molecule has 0 aromatic heterocycles. The number of hydrogen-bond donors (Lipinski definition) is 1. The number of rotatable bonds is 7. The van der Waals surface area contributed by atoms with Gasteiger partial charge in [-0.1, -0.05) is 26.0 Å². The van der Waals surface area contributed by atoms with Gasteiger partial charge in [-0.15, -0.1) is 0 Å². The summed E-state index contributed by atoms with van der Waals surface area (Å²) in [5.74, 6) is 1.70. The molecule has 0 aliphatic rings. The van der Waals surface area contributed by atoms with Crippen molar-refractivity contribution < 1.29 is 14.3 Å². The van der Waals surface area contributed by atoms with Crippen LogP contribution >= 0.6 is 0 Å². The largest absolute Gasteiger partial charge is 0.494 e. The van der Waals surface area contributed by atoms with E-state index in [1.54, 1.807) is 6.92 Å². The summed E-state index contributed by atoms with van der Waals surface area (Å²) >= 11 is 0. The van der Waals surface area contributed by atoms with E-state index < -0.39 is 6.10 Å². The maximum Gasteiger partial charge on any atom is 0.265 e. The third kappa shape index (κ3) is 5.24. The van der Waals surface area contributed by atoms with Gasteiger partial charge in [-0.05, 0) is 68.1 Å². The standard InChI is InChI=1S/C21H27NO3/c1-6-24-18-10-8-17(9-11-18)22-21(23)16(5)25-20-13-15(4)7-12-19(20)14(2)3/h7-14,16H,6H2,1-5H3,(H,22,23)/t16-/m0/s1. The highest BCUT2D eigenvalue weighted by Gasteiger charge is 2.18. The van der Waals surface area contributed by atoms with Crippen molar-refractivity contribution in [3.8, 4) is 11.5 Å². The fourth-order valence-electron chi connectivity index (χ4n) is 2.51. The molecule has 0 saturated carbocycles. The van der Waals surface area contributed by atoms with E-state index in [9.17, 15) is 4.79 Å². The van der Waals surface area contributed by atoms with Crippen LogP contribution in [0.1, 0.15) is 44.7 Å². The van der Waals surface area contributed by atoms with Crippen LogP contribution in [0.15, 0.2) is 42.5 Å². The summed E-state index contributed by atoms with van der Waals surface area (Å²) in [6.07, 6.45) is -0.592. The quantitative estimate of drug-likeness (QED) is 0.777. The van der Waals surface area contributed by atoms with E-state index in [1.165, 1.54) is 0 Å². The van der Waals surface area contributed by atoms with Crippen LogP contribution in [-0.4, -0.2) is 18.6 Å². The molecule has 0 saturated heterocycles. The number of ether oxygens (including phenoxy) is 2. The van der Waals surface area contributed by atoms with Crippen LogP contribution < -0.4 is 14.8 Å². The molecule has 0 aliphatic carbocycles. The molecule has 2 aromatic rings. The smallest absolute Gasteiger partial charge is 0.265 e. The van der Waals surface area contributed by atoms with Gasteiger partial charge in [0.1, 0.15) is 11.5 Å². The minimum atomic E-state index is -0.592. The second-order valence-electron chi connectivity index (χ2n) is 6.40. The van der Waals surface area contributed by atoms with E-state index in [-0.39, 0.29) is 5.91 Å². The van der Waals surface area contributed by atoms with E-state index >= 15 is 0 Å². The predicted octanol–water partition coefficient (Wildman–Crippen LogP) is 4.92. The van der Waals surface area contributed by atoms with Gasteiger partial charge >= 0.3 is 0 Å². The van der Waals surface area contributed by atoms with Gasteiger partial charge < -0.3 is 14.8 Å². The lowest BCUT2D eigenvalue weighted by atomic mass is 10.0. The normalized spacial score (nSPS) is 11.9. The number of anilines is 1. The highest BCUT2D eigenvalue weighted by molar-refractivity contribution is 5.94. The average molecular weight is 341 g/mol. The van der Waals surface area contributed by atoms with E-state index in [0.717, 1.165) is 28.3 Å². The van der Waals surface area contributed by atoms with Gasteiger partial charge in [0.25, 0.3) is 5.91 Å². The summed E-state index contributed by atoms with van der Waals surface area (Å²) in [6.45, 7) is 10.6. The van der Waals surface area contributed by atoms with Crippen molar-refractivity contribution in [3.05, 3.63) is 53.6 Å². The first-order valence-corrected chi connectivity index (χ1v) is 8.71. The third-order valence-electron chi connectivity index (χ3n) is 3.90. The fourth-order valence-corrected chi connectivity index (χ4v) is 2.51. The first kappa shape index (κ1) is 18.8. The van der Waals surface area contributed by atoms with Gasteiger partial charge in [-0.3, -0.25) is 4.79 Å². The lowest BCUT2D eigenvalue weighted by molar-refractivity contribution is -0.122. The Morgan fingerprint density at radius 2 is 1.76 bits per heavy atom. The maximum atomic E-state index is 12.4. The zero-order chi connectivity index (χ0) is 18.4. The van der Waals surface area contributed by atoms with Crippen molar-refractivity contribution in [1.29, 1.82) is 0 Å². The van der Waals surface area contributed by atoms with Crippen LogP contribution in [0.4, 0.5) is 5.69 Å². The lowest BCUT2D eigenvalue weighted by Crippen LogP contribution is -2.30. The second-order valence-corrected chi connectivity index (χ2v) is 6.40. The summed E-state index contributed by atoms with van der Waals surface area (Å²) in [4.78, 5) is 12.4. The topological polar surface area (TPSA) is 47.6 Å². The monoisotopic (exact) mass is 341 g/mol. The lowest BCUT2D eigenvalue weighted by Gasteiger charge is -2.19.